The first-order chi connectivity index (χ1) is 5.49. The van der Waals surface area contributed by atoms with E-state index in [1.54, 1.807) is 0 Å². The molecule has 2 aliphatic rings. The normalized spacial score (nSPS) is 45.8. The van der Waals surface area contributed by atoms with Gasteiger partial charge in [0, 0.05) is 5.54 Å². The molecule has 1 aliphatic carbocycles. The van der Waals surface area contributed by atoms with Gasteiger partial charge in [-0.2, -0.15) is 0 Å². The minimum atomic E-state index is 0.463. The van der Waals surface area contributed by atoms with E-state index in [0.717, 1.165) is 5.92 Å². The molecule has 0 aromatic carbocycles. The summed E-state index contributed by atoms with van der Waals surface area (Å²) in [5.41, 5.74) is 1.04. The highest BCUT2D eigenvalue weighted by atomic mass is 15.0. The zero-order valence-electron chi connectivity index (χ0n) is 8.61. The second-order valence-electron chi connectivity index (χ2n) is 5.89. The van der Waals surface area contributed by atoms with Crippen molar-refractivity contribution in [2.75, 3.05) is 6.54 Å². The zero-order valence-corrected chi connectivity index (χ0v) is 8.61. The van der Waals surface area contributed by atoms with Crippen LogP contribution < -0.4 is 5.32 Å². The number of nitrogens with one attached hydrogen (secondary N) is 1. The summed E-state index contributed by atoms with van der Waals surface area (Å²) in [6.07, 6.45) is 5.62. The Balaban J connectivity index is 2.16. The first-order valence-corrected chi connectivity index (χ1v) is 5.24. The van der Waals surface area contributed by atoms with E-state index in [4.69, 9.17) is 0 Å². The maximum atomic E-state index is 3.68. The van der Waals surface area contributed by atoms with Gasteiger partial charge in [-0.15, -0.1) is 0 Å². The minimum absolute atomic E-state index is 0.463. The van der Waals surface area contributed by atoms with E-state index in [1.165, 1.54) is 32.2 Å². The number of hydrogen-bond acceptors (Lipinski definition) is 1. The van der Waals surface area contributed by atoms with E-state index in [9.17, 15) is 0 Å². The third kappa shape index (κ3) is 1.52. The van der Waals surface area contributed by atoms with Crippen molar-refractivity contribution >= 4 is 0 Å². The van der Waals surface area contributed by atoms with Crippen molar-refractivity contribution in [3.8, 4) is 0 Å². The lowest BCUT2D eigenvalue weighted by atomic mass is 9.62. The molecule has 2 rings (SSSR count). The Morgan fingerprint density at radius 3 is 2.58 bits per heavy atom. The number of fused-ring (bicyclic) bond motifs is 2. The van der Waals surface area contributed by atoms with E-state index < -0.39 is 0 Å². The van der Waals surface area contributed by atoms with Gasteiger partial charge < -0.3 is 5.32 Å². The Morgan fingerprint density at radius 1 is 1.17 bits per heavy atom. The summed E-state index contributed by atoms with van der Waals surface area (Å²) in [5.74, 6) is 1.000. The second-order valence-corrected chi connectivity index (χ2v) is 5.89. The topological polar surface area (TPSA) is 12.0 Å². The molecule has 2 bridgehead atoms. The van der Waals surface area contributed by atoms with Crippen LogP contribution in [-0.2, 0) is 0 Å². The monoisotopic (exact) mass is 167 g/mol. The highest BCUT2D eigenvalue weighted by Crippen LogP contribution is 2.46. The molecule has 1 saturated carbocycles. The van der Waals surface area contributed by atoms with Crippen molar-refractivity contribution < 1.29 is 0 Å². The Morgan fingerprint density at radius 2 is 1.92 bits per heavy atom. The Labute approximate surface area is 75.9 Å². The molecule has 0 spiro atoms. The first kappa shape index (κ1) is 8.55. The smallest absolute Gasteiger partial charge is 0.0161 e. The average Bonchev–Trinajstić information content (AvgIpc) is 1.79. The van der Waals surface area contributed by atoms with E-state index in [2.05, 4.69) is 26.1 Å². The lowest BCUT2D eigenvalue weighted by molar-refractivity contribution is 0.0534. The second kappa shape index (κ2) is 2.47. The van der Waals surface area contributed by atoms with Crippen LogP contribution >= 0.6 is 0 Å². The Hall–Kier alpha value is -0.0400. The molecule has 1 heteroatoms. The van der Waals surface area contributed by atoms with E-state index in [1.807, 2.05) is 0 Å². The van der Waals surface area contributed by atoms with Crippen LogP contribution in [0.5, 0.6) is 0 Å². The van der Waals surface area contributed by atoms with E-state index in [-0.39, 0.29) is 0 Å². The van der Waals surface area contributed by atoms with Crippen molar-refractivity contribution in [1.82, 2.24) is 5.32 Å². The molecule has 0 amide bonds. The molecule has 70 valence electrons. The quantitative estimate of drug-likeness (QED) is 0.584. The van der Waals surface area contributed by atoms with E-state index >= 15 is 0 Å². The summed E-state index contributed by atoms with van der Waals surface area (Å²) in [7, 11) is 0. The molecule has 12 heavy (non-hydrogen) atoms. The summed E-state index contributed by atoms with van der Waals surface area (Å²) >= 11 is 0. The largest absolute Gasteiger partial charge is 0.311 e. The summed E-state index contributed by atoms with van der Waals surface area (Å²) in [6, 6.07) is 0. The lowest BCUT2D eigenvalue weighted by Gasteiger charge is -2.50. The van der Waals surface area contributed by atoms with Crippen LogP contribution in [0.4, 0.5) is 0 Å². The fourth-order valence-corrected chi connectivity index (χ4v) is 3.61. The molecule has 2 unspecified atom stereocenters. The highest BCUT2D eigenvalue weighted by molar-refractivity contribution is 4.99. The molecule has 0 aromatic rings. The van der Waals surface area contributed by atoms with Gasteiger partial charge in [0.2, 0.25) is 0 Å². The first-order valence-electron chi connectivity index (χ1n) is 5.24. The number of rotatable bonds is 0. The van der Waals surface area contributed by atoms with Gasteiger partial charge in [0.15, 0.2) is 0 Å². The molecule has 0 radical (unpaired) electrons. The Bertz CT molecular complexity index is 183. The highest BCUT2D eigenvalue weighted by Gasteiger charge is 2.42. The van der Waals surface area contributed by atoms with Crippen LogP contribution in [0.2, 0.25) is 0 Å². The minimum Gasteiger partial charge on any atom is -0.311 e. The predicted octanol–water partition coefficient (Wildman–Crippen LogP) is 2.56. The van der Waals surface area contributed by atoms with Gasteiger partial charge in [0.05, 0.1) is 0 Å². The summed E-state index contributed by atoms with van der Waals surface area (Å²) in [6.45, 7) is 8.49. The molecular weight excluding hydrogens is 146 g/mol. The fourth-order valence-electron chi connectivity index (χ4n) is 3.61. The number of hydrogen-bond donors (Lipinski definition) is 1. The fraction of sp³-hybridized carbons (Fsp3) is 1.00. The summed E-state index contributed by atoms with van der Waals surface area (Å²) < 4.78 is 0. The van der Waals surface area contributed by atoms with Gasteiger partial charge in [0.25, 0.3) is 0 Å². The van der Waals surface area contributed by atoms with Crippen molar-refractivity contribution in [3.05, 3.63) is 0 Å². The molecule has 2 atom stereocenters. The third-order valence-electron chi connectivity index (χ3n) is 3.55. The van der Waals surface area contributed by atoms with Gasteiger partial charge in [0.1, 0.15) is 0 Å². The van der Waals surface area contributed by atoms with Crippen molar-refractivity contribution in [2.24, 2.45) is 11.3 Å². The standard InChI is InChI=1S/C11H21N/c1-10(2)6-9-4-5-12-11(3,7-9)8-10/h9,12H,4-8H2,1-3H3. The van der Waals surface area contributed by atoms with Crippen LogP contribution in [0, 0.1) is 11.3 Å². The van der Waals surface area contributed by atoms with Gasteiger partial charge >= 0.3 is 0 Å². The molecule has 1 heterocycles. The van der Waals surface area contributed by atoms with Gasteiger partial charge in [-0.3, -0.25) is 0 Å². The number of piperidine rings is 1. The molecule has 2 fully saturated rings. The molecule has 1 N–H and O–H groups in total. The van der Waals surface area contributed by atoms with Crippen molar-refractivity contribution in [2.45, 2.75) is 52.0 Å². The summed E-state index contributed by atoms with van der Waals surface area (Å²) in [5, 5.41) is 3.68. The lowest BCUT2D eigenvalue weighted by Crippen LogP contribution is -2.54. The van der Waals surface area contributed by atoms with Gasteiger partial charge in [-0.05, 0) is 50.5 Å². The maximum Gasteiger partial charge on any atom is 0.0161 e. The van der Waals surface area contributed by atoms with Gasteiger partial charge in [-0.1, -0.05) is 13.8 Å². The summed E-state index contributed by atoms with van der Waals surface area (Å²) in [4.78, 5) is 0. The molecular formula is C11H21N. The van der Waals surface area contributed by atoms with Crippen LogP contribution in [0.25, 0.3) is 0 Å². The van der Waals surface area contributed by atoms with Crippen molar-refractivity contribution in [3.63, 3.8) is 0 Å². The average molecular weight is 167 g/mol. The molecule has 0 aromatic heterocycles. The van der Waals surface area contributed by atoms with Crippen LogP contribution in [-0.4, -0.2) is 12.1 Å². The zero-order chi connectivity index (χ0) is 8.82. The molecule has 1 saturated heterocycles. The van der Waals surface area contributed by atoms with Crippen LogP contribution in [0.15, 0.2) is 0 Å². The predicted molar refractivity (Wildman–Crippen MR) is 52.1 cm³/mol. The van der Waals surface area contributed by atoms with Crippen LogP contribution in [0.1, 0.15) is 46.5 Å². The maximum absolute atomic E-state index is 3.68. The van der Waals surface area contributed by atoms with Crippen molar-refractivity contribution in [1.29, 1.82) is 0 Å². The molecule has 1 nitrogen and oxygen atoms in total. The van der Waals surface area contributed by atoms with E-state index in [0.29, 0.717) is 11.0 Å². The van der Waals surface area contributed by atoms with Gasteiger partial charge in [-0.25, -0.2) is 0 Å². The Kier molecular flexibility index (Phi) is 1.76. The SMILES string of the molecule is CC1(C)CC2CCNC(C)(C2)C1. The third-order valence-corrected chi connectivity index (χ3v) is 3.55. The molecule has 1 aliphatic heterocycles. The van der Waals surface area contributed by atoms with Crippen LogP contribution in [0.3, 0.4) is 0 Å².